The van der Waals surface area contributed by atoms with Crippen molar-refractivity contribution < 1.29 is 9.90 Å². The first-order valence-corrected chi connectivity index (χ1v) is 10.4. The van der Waals surface area contributed by atoms with Crippen LogP contribution in [0.1, 0.15) is 48.5 Å². The van der Waals surface area contributed by atoms with E-state index in [1.807, 2.05) is 30.3 Å². The first kappa shape index (κ1) is 19.3. The molecule has 2 N–H and O–H groups in total. The third-order valence-electron chi connectivity index (χ3n) is 6.36. The number of carbonyl (C=O) groups excluding carboxylic acids is 1. The highest BCUT2D eigenvalue weighted by molar-refractivity contribution is 6.30. The van der Waals surface area contributed by atoms with Crippen LogP contribution in [0.3, 0.4) is 0 Å². The summed E-state index contributed by atoms with van der Waals surface area (Å²) in [5, 5.41) is 14.4. The average Bonchev–Trinajstić information content (AvgIpc) is 3.34. The molecule has 148 valence electrons. The molecule has 2 aliphatic rings. The molecule has 1 aliphatic carbocycles. The molecule has 1 fully saturated rings. The molecule has 2 aromatic rings. The largest absolute Gasteiger partial charge is 0.387 e. The van der Waals surface area contributed by atoms with E-state index in [-0.39, 0.29) is 12.5 Å². The highest BCUT2D eigenvalue weighted by Gasteiger charge is 2.42. The topological polar surface area (TPSA) is 52.6 Å². The maximum atomic E-state index is 13.2. The highest BCUT2D eigenvalue weighted by atomic mass is 35.5. The van der Waals surface area contributed by atoms with E-state index in [4.69, 9.17) is 11.6 Å². The maximum absolute atomic E-state index is 13.2. The van der Waals surface area contributed by atoms with E-state index in [9.17, 15) is 9.90 Å². The third kappa shape index (κ3) is 3.51. The van der Waals surface area contributed by atoms with Gasteiger partial charge in [-0.1, -0.05) is 48.7 Å². The summed E-state index contributed by atoms with van der Waals surface area (Å²) in [7, 11) is 2.08. The summed E-state index contributed by atoms with van der Waals surface area (Å²) in [4.78, 5) is 15.4. The SMILES string of the molecule is CN1CCc2cc([C@H](O)CNC(=O)C3(c4ccc(Cl)cc4)CCCC3)ccc21. The van der Waals surface area contributed by atoms with Crippen LogP contribution in [0.5, 0.6) is 0 Å². The fraction of sp³-hybridized carbons (Fsp3) is 0.435. The molecule has 1 amide bonds. The molecule has 5 heteroatoms. The van der Waals surface area contributed by atoms with Crippen molar-refractivity contribution in [2.45, 2.75) is 43.6 Å². The minimum absolute atomic E-state index is 0.00673. The van der Waals surface area contributed by atoms with Crippen LogP contribution in [0, 0.1) is 0 Å². The molecule has 0 unspecified atom stereocenters. The molecule has 0 radical (unpaired) electrons. The fourth-order valence-corrected chi connectivity index (χ4v) is 4.79. The number of anilines is 1. The number of amides is 1. The molecule has 28 heavy (non-hydrogen) atoms. The summed E-state index contributed by atoms with van der Waals surface area (Å²) in [6.07, 6.45) is 4.04. The zero-order valence-electron chi connectivity index (χ0n) is 16.2. The van der Waals surface area contributed by atoms with E-state index in [0.717, 1.165) is 49.8 Å². The molecule has 0 spiro atoms. The number of aliphatic hydroxyl groups is 1. The van der Waals surface area contributed by atoms with Gasteiger partial charge in [0.2, 0.25) is 5.91 Å². The van der Waals surface area contributed by atoms with Crippen LogP contribution in [-0.2, 0) is 16.6 Å². The number of nitrogens with zero attached hydrogens (tertiary/aromatic N) is 1. The van der Waals surface area contributed by atoms with Gasteiger partial charge < -0.3 is 15.3 Å². The Hall–Kier alpha value is -2.04. The van der Waals surface area contributed by atoms with Gasteiger partial charge in [0.25, 0.3) is 0 Å². The van der Waals surface area contributed by atoms with Crippen LogP contribution in [-0.4, -0.2) is 31.2 Å². The standard InChI is InChI=1S/C23H27ClN2O2/c1-26-13-10-16-14-17(4-9-20(16)26)21(27)15-25-22(28)23(11-2-3-12-23)18-5-7-19(24)8-6-18/h4-9,14,21,27H,2-3,10-13,15H2,1H3,(H,25,28)/t21-/m1/s1. The van der Waals surface area contributed by atoms with E-state index in [2.05, 4.69) is 29.4 Å². The van der Waals surface area contributed by atoms with Crippen molar-refractivity contribution in [3.8, 4) is 0 Å². The number of hydrogen-bond acceptors (Lipinski definition) is 3. The van der Waals surface area contributed by atoms with Gasteiger partial charge in [-0.3, -0.25) is 4.79 Å². The zero-order valence-corrected chi connectivity index (χ0v) is 17.0. The number of rotatable bonds is 5. The Kier molecular flexibility index (Phi) is 5.35. The maximum Gasteiger partial charge on any atom is 0.230 e. The van der Waals surface area contributed by atoms with Crippen LogP contribution >= 0.6 is 11.6 Å². The Labute approximate surface area is 171 Å². The average molecular weight is 399 g/mol. The second-order valence-corrected chi connectivity index (χ2v) is 8.52. The van der Waals surface area contributed by atoms with E-state index in [1.54, 1.807) is 0 Å². The lowest BCUT2D eigenvalue weighted by molar-refractivity contribution is -0.127. The van der Waals surface area contributed by atoms with E-state index in [0.29, 0.717) is 5.02 Å². The summed E-state index contributed by atoms with van der Waals surface area (Å²) in [5.74, 6) is 0.00673. The van der Waals surface area contributed by atoms with E-state index < -0.39 is 11.5 Å². The van der Waals surface area contributed by atoms with Crippen molar-refractivity contribution in [3.05, 3.63) is 64.2 Å². The lowest BCUT2D eigenvalue weighted by atomic mass is 9.78. The van der Waals surface area contributed by atoms with Crippen LogP contribution in [0.2, 0.25) is 5.02 Å². The number of nitrogens with one attached hydrogen (secondary N) is 1. The number of likely N-dealkylation sites (N-methyl/N-ethyl adjacent to an activating group) is 1. The van der Waals surface area contributed by atoms with Gasteiger partial charge in [-0.25, -0.2) is 0 Å². The number of carbonyl (C=O) groups is 1. The molecule has 1 saturated carbocycles. The quantitative estimate of drug-likeness (QED) is 0.800. The molecule has 1 heterocycles. The van der Waals surface area contributed by atoms with Crippen LogP contribution < -0.4 is 10.2 Å². The molecule has 1 atom stereocenters. The minimum atomic E-state index is -0.705. The predicted octanol–water partition coefficient (Wildman–Crippen LogP) is 3.99. The molecule has 1 aliphatic heterocycles. The Morgan fingerprint density at radius 1 is 1.21 bits per heavy atom. The molecule has 0 saturated heterocycles. The van der Waals surface area contributed by atoms with Crippen molar-refractivity contribution >= 4 is 23.2 Å². The summed E-state index contributed by atoms with van der Waals surface area (Å²) in [6, 6.07) is 13.7. The van der Waals surface area contributed by atoms with Gasteiger partial charge in [0, 0.05) is 30.8 Å². The van der Waals surface area contributed by atoms with Gasteiger partial charge in [-0.05, 0) is 54.2 Å². The molecule has 0 bridgehead atoms. The molecule has 4 rings (SSSR count). The zero-order chi connectivity index (χ0) is 19.7. The smallest absolute Gasteiger partial charge is 0.230 e. The summed E-state index contributed by atoms with van der Waals surface area (Å²) in [5.41, 5.74) is 3.86. The lowest BCUT2D eigenvalue weighted by Gasteiger charge is -2.29. The van der Waals surface area contributed by atoms with Crippen LogP contribution in [0.25, 0.3) is 0 Å². The Morgan fingerprint density at radius 3 is 2.64 bits per heavy atom. The molecular weight excluding hydrogens is 372 g/mol. The molecular formula is C23H27ClN2O2. The number of hydrogen-bond donors (Lipinski definition) is 2. The van der Waals surface area contributed by atoms with Gasteiger partial charge in [-0.15, -0.1) is 0 Å². The number of aliphatic hydroxyl groups excluding tert-OH is 1. The highest BCUT2D eigenvalue weighted by Crippen LogP contribution is 2.41. The number of halogens is 1. The van der Waals surface area contributed by atoms with Crippen molar-refractivity contribution in [2.75, 3.05) is 25.0 Å². The molecule has 2 aromatic carbocycles. The first-order valence-electron chi connectivity index (χ1n) is 10.1. The molecule has 4 nitrogen and oxygen atoms in total. The normalized spacial score (nSPS) is 18.8. The van der Waals surface area contributed by atoms with Gasteiger partial charge in [0.1, 0.15) is 0 Å². The predicted molar refractivity (Wildman–Crippen MR) is 113 cm³/mol. The van der Waals surface area contributed by atoms with E-state index in [1.165, 1.54) is 11.3 Å². The Bertz CT molecular complexity index is 859. The van der Waals surface area contributed by atoms with Gasteiger partial charge in [0.15, 0.2) is 0 Å². The second-order valence-electron chi connectivity index (χ2n) is 8.08. The van der Waals surface area contributed by atoms with Crippen molar-refractivity contribution in [2.24, 2.45) is 0 Å². The van der Waals surface area contributed by atoms with Crippen molar-refractivity contribution in [1.29, 1.82) is 0 Å². The third-order valence-corrected chi connectivity index (χ3v) is 6.61. The minimum Gasteiger partial charge on any atom is -0.387 e. The van der Waals surface area contributed by atoms with Crippen LogP contribution in [0.4, 0.5) is 5.69 Å². The second kappa shape index (κ2) is 7.76. The number of fused-ring (bicyclic) bond motifs is 1. The van der Waals surface area contributed by atoms with Gasteiger partial charge >= 0.3 is 0 Å². The Balaban J connectivity index is 1.46. The monoisotopic (exact) mass is 398 g/mol. The van der Waals surface area contributed by atoms with E-state index >= 15 is 0 Å². The fourth-order valence-electron chi connectivity index (χ4n) is 4.66. The summed E-state index contributed by atoms with van der Waals surface area (Å²) in [6.45, 7) is 1.23. The van der Waals surface area contributed by atoms with Gasteiger partial charge in [-0.2, -0.15) is 0 Å². The summed E-state index contributed by atoms with van der Waals surface area (Å²) >= 11 is 6.03. The van der Waals surface area contributed by atoms with Crippen LogP contribution in [0.15, 0.2) is 42.5 Å². The molecule has 0 aromatic heterocycles. The van der Waals surface area contributed by atoms with Gasteiger partial charge in [0.05, 0.1) is 11.5 Å². The van der Waals surface area contributed by atoms with Crippen molar-refractivity contribution in [1.82, 2.24) is 5.32 Å². The lowest BCUT2D eigenvalue weighted by Crippen LogP contribution is -2.44. The van der Waals surface area contributed by atoms with Crippen molar-refractivity contribution in [3.63, 3.8) is 0 Å². The first-order chi connectivity index (χ1) is 13.5. The Morgan fingerprint density at radius 2 is 1.93 bits per heavy atom. The summed E-state index contributed by atoms with van der Waals surface area (Å²) < 4.78 is 0. The number of benzene rings is 2.